The average Bonchev–Trinajstić information content (AvgIpc) is 3.10. The number of aromatic nitrogens is 3. The van der Waals surface area contributed by atoms with E-state index < -0.39 is 0 Å². The summed E-state index contributed by atoms with van der Waals surface area (Å²) in [6, 6.07) is 10.0. The number of fused-ring (bicyclic) bond motifs is 1. The van der Waals surface area contributed by atoms with E-state index in [1.54, 1.807) is 7.11 Å². The molecule has 3 heterocycles. The fourth-order valence-electron chi connectivity index (χ4n) is 4.57. The topological polar surface area (TPSA) is 92.6 Å². The van der Waals surface area contributed by atoms with Crippen molar-refractivity contribution >= 4 is 11.9 Å². The van der Waals surface area contributed by atoms with Crippen LogP contribution in [0.25, 0.3) is 0 Å². The molecule has 32 heavy (non-hydrogen) atoms. The molecule has 2 aromatic rings. The second-order valence-corrected chi connectivity index (χ2v) is 8.36. The molecular formula is C23H32N6O3. The molecule has 9 nitrogen and oxygen atoms in total. The standard InChI is InChI=1S/C23H32N6O3/c1-32-17-21(30)28-13-6-5-9-19(28)22-26-25-20-11-14-27(15-16-29(20)22)23(31)24-12-10-18-7-3-2-4-8-18/h2-4,7-8,19H,5-6,9-17H2,1H3,(H,24,31). The molecular weight excluding hydrogens is 408 g/mol. The highest BCUT2D eigenvalue weighted by molar-refractivity contribution is 5.78. The number of nitrogens with zero attached hydrogens (tertiary/aromatic N) is 5. The number of benzene rings is 1. The van der Waals surface area contributed by atoms with E-state index in [0.29, 0.717) is 39.1 Å². The predicted molar refractivity (Wildman–Crippen MR) is 119 cm³/mol. The summed E-state index contributed by atoms with van der Waals surface area (Å²) < 4.78 is 7.18. The Morgan fingerprint density at radius 3 is 2.75 bits per heavy atom. The monoisotopic (exact) mass is 440 g/mol. The maximum Gasteiger partial charge on any atom is 0.317 e. The lowest BCUT2D eigenvalue weighted by Gasteiger charge is -2.35. The first kappa shape index (κ1) is 22.3. The molecule has 1 unspecified atom stereocenters. The summed E-state index contributed by atoms with van der Waals surface area (Å²) >= 11 is 0. The Balaban J connectivity index is 1.37. The number of carbonyl (C=O) groups is 2. The smallest absolute Gasteiger partial charge is 0.317 e. The van der Waals surface area contributed by atoms with E-state index in [1.807, 2.05) is 28.0 Å². The van der Waals surface area contributed by atoms with Crippen LogP contribution in [0.15, 0.2) is 30.3 Å². The van der Waals surface area contributed by atoms with Crippen molar-refractivity contribution in [3.63, 3.8) is 0 Å². The van der Waals surface area contributed by atoms with E-state index in [2.05, 4.69) is 32.2 Å². The van der Waals surface area contributed by atoms with Gasteiger partial charge in [-0.3, -0.25) is 4.79 Å². The number of likely N-dealkylation sites (tertiary alicyclic amines) is 1. The van der Waals surface area contributed by atoms with Gasteiger partial charge in [0.05, 0.1) is 6.04 Å². The van der Waals surface area contributed by atoms with Crippen LogP contribution >= 0.6 is 0 Å². The van der Waals surface area contributed by atoms with Gasteiger partial charge in [0.2, 0.25) is 5.91 Å². The SMILES string of the molecule is COCC(=O)N1CCCCC1c1nnc2n1CCN(C(=O)NCCc1ccccc1)CC2. The number of carbonyl (C=O) groups excluding carboxylic acids is 2. The number of ether oxygens (including phenoxy) is 1. The van der Waals surface area contributed by atoms with Gasteiger partial charge in [-0.2, -0.15) is 0 Å². The van der Waals surface area contributed by atoms with Gasteiger partial charge >= 0.3 is 6.03 Å². The van der Waals surface area contributed by atoms with E-state index in [4.69, 9.17) is 4.74 Å². The van der Waals surface area contributed by atoms with Gasteiger partial charge in [-0.1, -0.05) is 30.3 Å². The average molecular weight is 441 g/mol. The van der Waals surface area contributed by atoms with Gasteiger partial charge in [-0.25, -0.2) is 4.79 Å². The molecule has 9 heteroatoms. The van der Waals surface area contributed by atoms with Crippen molar-refractivity contribution in [3.8, 4) is 0 Å². The normalized spacial score (nSPS) is 18.7. The summed E-state index contributed by atoms with van der Waals surface area (Å²) in [6.07, 6.45) is 4.38. The molecule has 1 N–H and O–H groups in total. The van der Waals surface area contributed by atoms with E-state index in [1.165, 1.54) is 5.56 Å². The Hall–Kier alpha value is -2.94. The first-order valence-electron chi connectivity index (χ1n) is 11.4. The second kappa shape index (κ2) is 10.6. The molecule has 0 spiro atoms. The maximum absolute atomic E-state index is 12.7. The van der Waals surface area contributed by atoms with E-state index >= 15 is 0 Å². The van der Waals surface area contributed by atoms with Crippen LogP contribution < -0.4 is 5.32 Å². The molecule has 3 amide bonds. The molecule has 1 aromatic heterocycles. The van der Waals surface area contributed by atoms with Crippen molar-refractivity contribution < 1.29 is 14.3 Å². The molecule has 0 bridgehead atoms. The van der Waals surface area contributed by atoms with Crippen molar-refractivity contribution in [2.24, 2.45) is 0 Å². The predicted octanol–water partition coefficient (Wildman–Crippen LogP) is 1.79. The van der Waals surface area contributed by atoms with E-state index in [9.17, 15) is 9.59 Å². The minimum Gasteiger partial charge on any atom is -0.375 e. The van der Waals surface area contributed by atoms with Crippen LogP contribution in [-0.2, 0) is 28.9 Å². The van der Waals surface area contributed by atoms with Crippen LogP contribution in [0, 0.1) is 0 Å². The summed E-state index contributed by atoms with van der Waals surface area (Å²) in [7, 11) is 1.54. The number of nitrogens with one attached hydrogen (secondary N) is 1. The van der Waals surface area contributed by atoms with Crippen LogP contribution in [-0.4, -0.2) is 76.4 Å². The molecule has 172 valence electrons. The van der Waals surface area contributed by atoms with Crippen molar-refractivity contribution in [2.75, 3.05) is 39.9 Å². The molecule has 0 aliphatic carbocycles. The van der Waals surface area contributed by atoms with Crippen molar-refractivity contribution in [2.45, 2.75) is 44.7 Å². The van der Waals surface area contributed by atoms with Crippen LogP contribution in [0.4, 0.5) is 4.79 Å². The summed E-state index contributed by atoms with van der Waals surface area (Å²) in [5.41, 5.74) is 1.21. The Morgan fingerprint density at radius 1 is 1.09 bits per heavy atom. The highest BCUT2D eigenvalue weighted by Crippen LogP contribution is 2.31. The van der Waals surface area contributed by atoms with Crippen molar-refractivity contribution in [1.82, 2.24) is 29.9 Å². The van der Waals surface area contributed by atoms with E-state index in [0.717, 1.165) is 37.3 Å². The Kier molecular flexibility index (Phi) is 7.36. The zero-order valence-electron chi connectivity index (χ0n) is 18.7. The van der Waals surface area contributed by atoms with Gasteiger partial charge in [-0.15, -0.1) is 10.2 Å². The first-order valence-corrected chi connectivity index (χ1v) is 11.4. The lowest BCUT2D eigenvalue weighted by Crippen LogP contribution is -2.43. The molecule has 0 radical (unpaired) electrons. The highest BCUT2D eigenvalue weighted by Gasteiger charge is 2.33. The number of hydrogen-bond acceptors (Lipinski definition) is 5. The van der Waals surface area contributed by atoms with E-state index in [-0.39, 0.29) is 24.6 Å². The number of methoxy groups -OCH3 is 1. The van der Waals surface area contributed by atoms with Gasteiger partial charge < -0.3 is 24.4 Å². The minimum absolute atomic E-state index is 0.0115. The van der Waals surface area contributed by atoms with Gasteiger partial charge in [-0.05, 0) is 31.2 Å². The van der Waals surface area contributed by atoms with Crippen molar-refractivity contribution in [3.05, 3.63) is 47.5 Å². The van der Waals surface area contributed by atoms with Crippen LogP contribution in [0.1, 0.15) is 42.5 Å². The lowest BCUT2D eigenvalue weighted by molar-refractivity contribution is -0.139. The van der Waals surface area contributed by atoms with Gasteiger partial charge in [0.15, 0.2) is 5.82 Å². The fraction of sp³-hybridized carbons (Fsp3) is 0.565. The second-order valence-electron chi connectivity index (χ2n) is 8.36. The van der Waals surface area contributed by atoms with Crippen LogP contribution in [0.5, 0.6) is 0 Å². The van der Waals surface area contributed by atoms with Crippen molar-refractivity contribution in [1.29, 1.82) is 0 Å². The zero-order valence-corrected chi connectivity index (χ0v) is 18.7. The number of rotatable bonds is 6. The molecule has 2 aliphatic heterocycles. The molecule has 1 fully saturated rings. The number of urea groups is 1. The lowest BCUT2D eigenvalue weighted by atomic mass is 10.0. The third-order valence-corrected chi connectivity index (χ3v) is 6.26. The molecule has 1 saturated heterocycles. The maximum atomic E-state index is 12.7. The first-order chi connectivity index (χ1) is 15.7. The third kappa shape index (κ3) is 5.09. The van der Waals surface area contributed by atoms with Crippen LogP contribution in [0.2, 0.25) is 0 Å². The summed E-state index contributed by atoms with van der Waals surface area (Å²) in [5, 5.41) is 11.9. The zero-order chi connectivity index (χ0) is 22.3. The molecule has 4 rings (SSSR count). The Bertz CT molecular complexity index is 916. The molecule has 1 atom stereocenters. The van der Waals surface area contributed by atoms with Gasteiger partial charge in [0.1, 0.15) is 12.4 Å². The number of amides is 3. The molecule has 2 aliphatic rings. The largest absolute Gasteiger partial charge is 0.375 e. The molecule has 0 saturated carbocycles. The summed E-state index contributed by atoms with van der Waals surface area (Å²) in [4.78, 5) is 29.0. The summed E-state index contributed by atoms with van der Waals surface area (Å²) in [6.45, 7) is 3.22. The van der Waals surface area contributed by atoms with Gasteiger partial charge in [0, 0.05) is 46.3 Å². The minimum atomic E-state index is -0.0844. The van der Waals surface area contributed by atoms with Crippen LogP contribution in [0.3, 0.4) is 0 Å². The fourth-order valence-corrected chi connectivity index (χ4v) is 4.57. The Morgan fingerprint density at radius 2 is 1.94 bits per heavy atom. The Labute approximate surface area is 188 Å². The molecule has 1 aromatic carbocycles. The van der Waals surface area contributed by atoms with Gasteiger partial charge in [0.25, 0.3) is 0 Å². The summed E-state index contributed by atoms with van der Waals surface area (Å²) in [5.74, 6) is 1.70. The highest BCUT2D eigenvalue weighted by atomic mass is 16.5. The third-order valence-electron chi connectivity index (χ3n) is 6.26. The quantitative estimate of drug-likeness (QED) is 0.739. The number of piperidine rings is 1. The number of hydrogen-bond donors (Lipinski definition) is 1.